The van der Waals surface area contributed by atoms with Gasteiger partial charge < -0.3 is 9.47 Å². The molecule has 0 unspecified atom stereocenters. The number of fused-ring (bicyclic) bond motifs is 1. The summed E-state index contributed by atoms with van der Waals surface area (Å²) in [7, 11) is 0. The lowest BCUT2D eigenvalue weighted by molar-refractivity contribution is -0.384. The maximum atomic E-state index is 11.2. The summed E-state index contributed by atoms with van der Waals surface area (Å²) in [6.07, 6.45) is 2.94. The number of likely N-dealkylation sites (N-methyl/N-ethyl adjacent to an activating group) is 1. The fraction of sp³-hybridized carbons (Fsp3) is 0.435. The van der Waals surface area contributed by atoms with Crippen LogP contribution in [-0.2, 0) is 19.4 Å². The number of nitro benzene ring substituents is 1. The normalized spacial score (nSPS) is 11.4. The zero-order valence-corrected chi connectivity index (χ0v) is 17.6. The number of imidazole rings is 1. The molecule has 0 amide bonds. The number of benzene rings is 2. The first kappa shape index (κ1) is 21.0. The van der Waals surface area contributed by atoms with E-state index in [1.165, 1.54) is 11.1 Å². The van der Waals surface area contributed by atoms with Gasteiger partial charge >= 0.3 is 0 Å². The van der Waals surface area contributed by atoms with E-state index in [1.807, 2.05) is 6.07 Å². The zero-order chi connectivity index (χ0) is 20.8. The van der Waals surface area contributed by atoms with Gasteiger partial charge in [-0.2, -0.15) is 0 Å². The van der Waals surface area contributed by atoms with Crippen LogP contribution in [0.5, 0.6) is 0 Å². The predicted octanol–water partition coefficient (Wildman–Crippen LogP) is 4.83. The van der Waals surface area contributed by atoms with Crippen molar-refractivity contribution in [3.63, 3.8) is 0 Å². The van der Waals surface area contributed by atoms with Gasteiger partial charge in [-0.1, -0.05) is 51.5 Å². The lowest BCUT2D eigenvalue weighted by Crippen LogP contribution is -2.27. The molecule has 0 N–H and O–H groups in total. The van der Waals surface area contributed by atoms with Gasteiger partial charge in [0, 0.05) is 31.6 Å². The standard InChI is InChI=1S/C23H30N4O2/c1-4-7-18-8-10-19(11-9-18)16-23-24-21-17-20(27(28)29)12-13-22(21)26(23)15-14-25(5-2)6-3/h8-13,17H,4-7,14-16H2,1-3H3. The van der Waals surface area contributed by atoms with Crippen LogP contribution in [0.1, 0.15) is 44.1 Å². The summed E-state index contributed by atoms with van der Waals surface area (Å²) in [5.41, 5.74) is 4.29. The molecular formula is C23H30N4O2. The van der Waals surface area contributed by atoms with Crippen molar-refractivity contribution in [1.29, 1.82) is 0 Å². The summed E-state index contributed by atoms with van der Waals surface area (Å²) in [4.78, 5) is 18.0. The SMILES string of the molecule is CCCc1ccc(Cc2nc3cc([N+](=O)[O-])ccc3n2CCN(CC)CC)cc1. The van der Waals surface area contributed by atoms with E-state index in [2.05, 4.69) is 54.5 Å². The third-order valence-corrected chi connectivity index (χ3v) is 5.48. The van der Waals surface area contributed by atoms with Crippen LogP contribution in [0.3, 0.4) is 0 Å². The Morgan fingerprint density at radius 1 is 1.03 bits per heavy atom. The molecule has 6 nitrogen and oxygen atoms in total. The van der Waals surface area contributed by atoms with E-state index < -0.39 is 0 Å². The van der Waals surface area contributed by atoms with Crippen molar-refractivity contribution in [1.82, 2.24) is 14.5 Å². The molecule has 2 aromatic carbocycles. The van der Waals surface area contributed by atoms with Crippen molar-refractivity contribution in [2.45, 2.75) is 46.6 Å². The van der Waals surface area contributed by atoms with E-state index in [0.29, 0.717) is 11.9 Å². The largest absolute Gasteiger partial charge is 0.326 e. The molecule has 0 aliphatic rings. The third-order valence-electron chi connectivity index (χ3n) is 5.48. The summed E-state index contributed by atoms with van der Waals surface area (Å²) >= 11 is 0. The van der Waals surface area contributed by atoms with Gasteiger partial charge in [-0.25, -0.2) is 4.98 Å². The number of rotatable bonds is 10. The fourth-order valence-corrected chi connectivity index (χ4v) is 3.74. The van der Waals surface area contributed by atoms with Gasteiger partial charge in [-0.3, -0.25) is 10.1 Å². The number of hydrogen-bond donors (Lipinski definition) is 0. The fourth-order valence-electron chi connectivity index (χ4n) is 3.74. The number of nitro groups is 1. The highest BCUT2D eigenvalue weighted by Crippen LogP contribution is 2.23. The molecule has 0 aliphatic carbocycles. The van der Waals surface area contributed by atoms with Crippen LogP contribution >= 0.6 is 0 Å². The first-order chi connectivity index (χ1) is 14.0. The van der Waals surface area contributed by atoms with Crippen molar-refractivity contribution >= 4 is 16.7 Å². The molecule has 0 fully saturated rings. The monoisotopic (exact) mass is 394 g/mol. The lowest BCUT2D eigenvalue weighted by Gasteiger charge is -2.19. The third kappa shape index (κ3) is 5.01. The maximum Gasteiger partial charge on any atom is 0.271 e. The van der Waals surface area contributed by atoms with Gasteiger partial charge in [0.25, 0.3) is 5.69 Å². The molecule has 0 saturated heterocycles. The van der Waals surface area contributed by atoms with E-state index in [0.717, 1.165) is 50.4 Å². The first-order valence-corrected chi connectivity index (χ1v) is 10.5. The molecule has 0 bridgehead atoms. The van der Waals surface area contributed by atoms with Crippen molar-refractivity contribution in [3.8, 4) is 0 Å². The number of nitrogens with zero attached hydrogens (tertiary/aromatic N) is 4. The van der Waals surface area contributed by atoms with Crippen molar-refractivity contribution in [3.05, 3.63) is 69.5 Å². The second-order valence-corrected chi connectivity index (χ2v) is 7.38. The average Bonchev–Trinajstić information content (AvgIpc) is 3.06. The van der Waals surface area contributed by atoms with E-state index in [9.17, 15) is 10.1 Å². The van der Waals surface area contributed by atoms with Crippen molar-refractivity contribution in [2.24, 2.45) is 0 Å². The second kappa shape index (κ2) is 9.65. The first-order valence-electron chi connectivity index (χ1n) is 10.5. The quantitative estimate of drug-likeness (QED) is 0.365. The second-order valence-electron chi connectivity index (χ2n) is 7.38. The molecule has 0 spiro atoms. The van der Waals surface area contributed by atoms with Gasteiger partial charge in [0.05, 0.1) is 16.0 Å². The van der Waals surface area contributed by atoms with E-state index in [-0.39, 0.29) is 10.6 Å². The van der Waals surface area contributed by atoms with Crippen LogP contribution in [-0.4, -0.2) is 39.0 Å². The maximum absolute atomic E-state index is 11.2. The van der Waals surface area contributed by atoms with Gasteiger partial charge in [0.2, 0.25) is 0 Å². The number of aromatic nitrogens is 2. The number of non-ortho nitro benzene ring substituents is 1. The smallest absolute Gasteiger partial charge is 0.271 e. The Morgan fingerprint density at radius 3 is 2.34 bits per heavy atom. The Morgan fingerprint density at radius 2 is 1.72 bits per heavy atom. The van der Waals surface area contributed by atoms with Gasteiger partial charge in [0.1, 0.15) is 5.82 Å². The molecule has 29 heavy (non-hydrogen) atoms. The Kier molecular flexibility index (Phi) is 6.99. The highest BCUT2D eigenvalue weighted by Gasteiger charge is 2.15. The molecule has 0 saturated carbocycles. The molecule has 3 aromatic rings. The molecule has 0 aliphatic heterocycles. The predicted molar refractivity (Wildman–Crippen MR) is 117 cm³/mol. The van der Waals surface area contributed by atoms with Crippen LogP contribution in [0.2, 0.25) is 0 Å². The molecule has 3 rings (SSSR count). The van der Waals surface area contributed by atoms with E-state index in [1.54, 1.807) is 12.1 Å². The van der Waals surface area contributed by atoms with E-state index in [4.69, 9.17) is 4.98 Å². The molecular weight excluding hydrogens is 364 g/mol. The van der Waals surface area contributed by atoms with Crippen LogP contribution in [0.4, 0.5) is 5.69 Å². The number of aryl methyl sites for hydroxylation is 1. The van der Waals surface area contributed by atoms with Crippen LogP contribution in [0.25, 0.3) is 11.0 Å². The van der Waals surface area contributed by atoms with Crippen LogP contribution < -0.4 is 0 Å². The summed E-state index contributed by atoms with van der Waals surface area (Å²) in [5.74, 6) is 0.955. The van der Waals surface area contributed by atoms with E-state index >= 15 is 0 Å². The molecule has 1 heterocycles. The molecule has 154 valence electrons. The Bertz CT molecular complexity index is 959. The highest BCUT2D eigenvalue weighted by molar-refractivity contribution is 5.78. The average molecular weight is 395 g/mol. The minimum atomic E-state index is -0.361. The molecule has 0 atom stereocenters. The molecule has 1 aromatic heterocycles. The summed E-state index contributed by atoms with van der Waals surface area (Å²) in [6, 6.07) is 13.7. The summed E-state index contributed by atoms with van der Waals surface area (Å²) < 4.78 is 2.22. The Labute approximate surface area is 172 Å². The Hall–Kier alpha value is -2.73. The Balaban J connectivity index is 1.94. The van der Waals surface area contributed by atoms with Gasteiger partial charge in [-0.05, 0) is 36.7 Å². The van der Waals surface area contributed by atoms with Crippen LogP contribution in [0, 0.1) is 10.1 Å². The summed E-state index contributed by atoms with van der Waals surface area (Å²) in [6.45, 7) is 10.3. The van der Waals surface area contributed by atoms with Gasteiger partial charge in [0.15, 0.2) is 0 Å². The lowest BCUT2D eigenvalue weighted by atomic mass is 10.1. The minimum Gasteiger partial charge on any atom is -0.326 e. The van der Waals surface area contributed by atoms with Gasteiger partial charge in [-0.15, -0.1) is 0 Å². The minimum absolute atomic E-state index is 0.0846. The van der Waals surface area contributed by atoms with Crippen molar-refractivity contribution < 1.29 is 4.92 Å². The highest BCUT2D eigenvalue weighted by atomic mass is 16.6. The number of hydrogen-bond acceptors (Lipinski definition) is 4. The van der Waals surface area contributed by atoms with Crippen LogP contribution in [0.15, 0.2) is 42.5 Å². The molecule has 0 radical (unpaired) electrons. The topological polar surface area (TPSA) is 64.2 Å². The zero-order valence-electron chi connectivity index (χ0n) is 17.6. The summed E-state index contributed by atoms with van der Waals surface area (Å²) in [5, 5.41) is 11.2. The van der Waals surface area contributed by atoms with Crippen molar-refractivity contribution in [2.75, 3.05) is 19.6 Å². The molecule has 6 heteroatoms.